The number of hydrogen-bond donors (Lipinski definition) is 4. The number of hydrogen-bond acceptors (Lipinski definition) is 3. The van der Waals surface area contributed by atoms with Gasteiger partial charge in [0, 0.05) is 12.6 Å². The fourth-order valence-corrected chi connectivity index (χ4v) is 1.66. The molecule has 0 aliphatic carbocycles. The van der Waals surface area contributed by atoms with E-state index >= 15 is 0 Å². The zero-order valence-electron chi connectivity index (χ0n) is 12.1. The van der Waals surface area contributed by atoms with E-state index in [4.69, 9.17) is 12.2 Å². The Bertz CT molecular complexity index is 491. The number of benzene rings is 1. The lowest BCUT2D eigenvalue weighted by molar-refractivity contribution is -0.139. The van der Waals surface area contributed by atoms with Gasteiger partial charge in [-0.25, -0.2) is 0 Å². The van der Waals surface area contributed by atoms with Crippen molar-refractivity contribution in [3.05, 3.63) is 35.9 Å². The molecule has 0 aliphatic rings. The molecule has 6 nitrogen and oxygen atoms in total. The van der Waals surface area contributed by atoms with Crippen molar-refractivity contribution >= 4 is 29.1 Å². The molecular formula is C14H20N4O2S. The Morgan fingerprint density at radius 1 is 1.10 bits per heavy atom. The highest BCUT2D eigenvalue weighted by molar-refractivity contribution is 7.80. The molecule has 21 heavy (non-hydrogen) atoms. The summed E-state index contributed by atoms with van der Waals surface area (Å²) in [6, 6.07) is 9.85. The van der Waals surface area contributed by atoms with Gasteiger partial charge in [-0.05, 0) is 38.0 Å². The predicted octanol–water partition coefficient (Wildman–Crippen LogP) is 0.249. The molecule has 0 saturated heterocycles. The van der Waals surface area contributed by atoms with Gasteiger partial charge in [0.15, 0.2) is 5.11 Å². The molecule has 0 aliphatic heterocycles. The molecule has 0 saturated carbocycles. The quantitative estimate of drug-likeness (QED) is 0.364. The van der Waals surface area contributed by atoms with Crippen LogP contribution in [0.25, 0.3) is 0 Å². The number of amides is 2. The third-order valence-corrected chi connectivity index (χ3v) is 2.70. The lowest BCUT2D eigenvalue weighted by Crippen LogP contribution is -2.52. The van der Waals surface area contributed by atoms with Gasteiger partial charge in [0.2, 0.25) is 0 Å². The highest BCUT2D eigenvalue weighted by Gasteiger charge is 2.13. The fourth-order valence-electron chi connectivity index (χ4n) is 1.51. The molecule has 0 unspecified atom stereocenters. The Kier molecular flexibility index (Phi) is 7.17. The van der Waals surface area contributed by atoms with Crippen LogP contribution in [0.1, 0.15) is 19.4 Å². The first-order valence-corrected chi connectivity index (χ1v) is 7.08. The van der Waals surface area contributed by atoms with Crippen molar-refractivity contribution in [3.8, 4) is 0 Å². The third-order valence-electron chi connectivity index (χ3n) is 2.46. The zero-order chi connectivity index (χ0) is 15.7. The van der Waals surface area contributed by atoms with Gasteiger partial charge >= 0.3 is 11.8 Å². The molecule has 1 rings (SSSR count). The smallest absolute Gasteiger partial charge is 0.327 e. The lowest BCUT2D eigenvalue weighted by Gasteiger charge is -2.12. The van der Waals surface area contributed by atoms with Gasteiger partial charge in [-0.15, -0.1) is 0 Å². The van der Waals surface area contributed by atoms with E-state index in [1.165, 1.54) is 5.56 Å². The van der Waals surface area contributed by atoms with Crippen molar-refractivity contribution in [1.82, 2.24) is 21.5 Å². The minimum absolute atomic E-state index is 0.0980. The highest BCUT2D eigenvalue weighted by Crippen LogP contribution is 1.97. The van der Waals surface area contributed by atoms with Gasteiger partial charge in [0.1, 0.15) is 0 Å². The summed E-state index contributed by atoms with van der Waals surface area (Å²) >= 11 is 4.99. The summed E-state index contributed by atoms with van der Waals surface area (Å²) in [5.41, 5.74) is 5.90. The van der Waals surface area contributed by atoms with Crippen LogP contribution in [0.4, 0.5) is 0 Å². The van der Waals surface area contributed by atoms with Crippen molar-refractivity contribution < 1.29 is 9.59 Å². The molecule has 7 heteroatoms. The van der Waals surface area contributed by atoms with Crippen molar-refractivity contribution in [2.24, 2.45) is 0 Å². The van der Waals surface area contributed by atoms with Gasteiger partial charge in [0.05, 0.1) is 0 Å². The molecule has 0 heterocycles. The number of nitrogens with one attached hydrogen (secondary N) is 4. The topological polar surface area (TPSA) is 82.3 Å². The van der Waals surface area contributed by atoms with Crippen LogP contribution in [0.5, 0.6) is 0 Å². The Balaban J connectivity index is 2.19. The van der Waals surface area contributed by atoms with E-state index < -0.39 is 11.8 Å². The lowest BCUT2D eigenvalue weighted by atomic mass is 10.1. The molecule has 1 aromatic carbocycles. The van der Waals surface area contributed by atoms with Crippen molar-refractivity contribution in [2.45, 2.75) is 26.3 Å². The Morgan fingerprint density at radius 2 is 1.76 bits per heavy atom. The molecule has 0 aromatic heterocycles. The van der Waals surface area contributed by atoms with E-state index in [9.17, 15) is 9.59 Å². The van der Waals surface area contributed by atoms with E-state index in [1.807, 2.05) is 30.3 Å². The summed E-state index contributed by atoms with van der Waals surface area (Å²) in [4.78, 5) is 22.7. The second kappa shape index (κ2) is 8.91. The first-order valence-electron chi connectivity index (χ1n) is 6.67. The van der Waals surface area contributed by atoms with Crippen LogP contribution < -0.4 is 21.5 Å². The van der Waals surface area contributed by atoms with Gasteiger partial charge in [-0.2, -0.15) is 0 Å². The SMILES string of the molecule is CC(C)NC(=O)C(=O)NNC(=S)NCCc1ccccc1. The van der Waals surface area contributed by atoms with Crippen LogP contribution in [0.15, 0.2) is 30.3 Å². The van der Waals surface area contributed by atoms with Crippen LogP contribution in [-0.2, 0) is 16.0 Å². The molecule has 1 aromatic rings. The van der Waals surface area contributed by atoms with Gasteiger partial charge in [-0.3, -0.25) is 20.4 Å². The Morgan fingerprint density at radius 3 is 2.38 bits per heavy atom. The van der Waals surface area contributed by atoms with Crippen molar-refractivity contribution in [2.75, 3.05) is 6.54 Å². The van der Waals surface area contributed by atoms with Crippen molar-refractivity contribution in [1.29, 1.82) is 0 Å². The standard InChI is InChI=1S/C14H20N4O2S/c1-10(2)16-12(19)13(20)17-18-14(21)15-9-8-11-6-4-3-5-7-11/h3-7,10H,8-9H2,1-2H3,(H,16,19)(H,17,20)(H2,15,18,21). The van der Waals surface area contributed by atoms with E-state index in [0.29, 0.717) is 6.54 Å². The van der Waals surface area contributed by atoms with Crippen LogP contribution in [0, 0.1) is 0 Å². The first-order chi connectivity index (χ1) is 9.99. The molecule has 0 bridgehead atoms. The normalized spacial score (nSPS) is 9.86. The molecule has 0 spiro atoms. The Labute approximate surface area is 129 Å². The highest BCUT2D eigenvalue weighted by atomic mass is 32.1. The summed E-state index contributed by atoms with van der Waals surface area (Å²) in [6.45, 7) is 4.17. The van der Waals surface area contributed by atoms with Crippen LogP contribution in [0.3, 0.4) is 0 Å². The second-order valence-corrected chi connectivity index (χ2v) is 5.11. The molecule has 0 atom stereocenters. The number of hydrazine groups is 1. The number of thiocarbonyl (C=S) groups is 1. The van der Waals surface area contributed by atoms with E-state index in [1.54, 1.807) is 13.8 Å². The average molecular weight is 308 g/mol. The average Bonchev–Trinajstić information content (AvgIpc) is 2.45. The van der Waals surface area contributed by atoms with E-state index in [2.05, 4.69) is 21.5 Å². The molecule has 0 radical (unpaired) electrons. The fraction of sp³-hybridized carbons (Fsp3) is 0.357. The summed E-state index contributed by atoms with van der Waals surface area (Å²) in [5.74, 6) is -1.49. The monoisotopic (exact) mass is 308 g/mol. The summed E-state index contributed by atoms with van der Waals surface area (Å²) in [7, 11) is 0. The Hall–Kier alpha value is -2.15. The van der Waals surface area contributed by atoms with E-state index in [0.717, 1.165) is 6.42 Å². The maximum Gasteiger partial charge on any atom is 0.327 e. The number of carbonyl (C=O) groups excluding carboxylic acids is 2. The minimum atomic E-state index is -0.782. The van der Waals surface area contributed by atoms with Crippen molar-refractivity contribution in [3.63, 3.8) is 0 Å². The summed E-state index contributed by atoms with van der Waals surface area (Å²) in [5, 5.41) is 5.68. The van der Waals surface area contributed by atoms with E-state index in [-0.39, 0.29) is 11.2 Å². The maximum absolute atomic E-state index is 11.4. The van der Waals surface area contributed by atoms with Gasteiger partial charge in [-0.1, -0.05) is 30.3 Å². The molecular weight excluding hydrogens is 288 g/mol. The molecule has 4 N–H and O–H groups in total. The third kappa shape index (κ3) is 7.26. The zero-order valence-corrected chi connectivity index (χ0v) is 12.9. The minimum Gasteiger partial charge on any atom is -0.361 e. The largest absolute Gasteiger partial charge is 0.361 e. The summed E-state index contributed by atoms with van der Waals surface area (Å²) < 4.78 is 0. The van der Waals surface area contributed by atoms with Gasteiger partial charge in [0.25, 0.3) is 0 Å². The van der Waals surface area contributed by atoms with Crippen LogP contribution in [-0.4, -0.2) is 29.5 Å². The summed E-state index contributed by atoms with van der Waals surface area (Å²) in [6.07, 6.45) is 0.810. The molecule has 2 amide bonds. The van der Waals surface area contributed by atoms with Crippen LogP contribution in [0.2, 0.25) is 0 Å². The number of rotatable bonds is 4. The van der Waals surface area contributed by atoms with Gasteiger partial charge < -0.3 is 10.6 Å². The van der Waals surface area contributed by atoms with Crippen LogP contribution >= 0.6 is 12.2 Å². The molecule has 114 valence electrons. The first kappa shape index (κ1) is 16.9. The molecule has 0 fully saturated rings. The predicted molar refractivity (Wildman–Crippen MR) is 85.3 cm³/mol. The number of carbonyl (C=O) groups is 2. The second-order valence-electron chi connectivity index (χ2n) is 4.70. The maximum atomic E-state index is 11.4.